The molecule has 4 rings (SSSR count). The molecular weight excluding hydrogens is 392 g/mol. The average molecular weight is 416 g/mol. The van der Waals surface area contributed by atoms with Crippen LogP contribution in [0.3, 0.4) is 0 Å². The Labute approximate surface area is 180 Å². The summed E-state index contributed by atoms with van der Waals surface area (Å²) < 4.78 is 5.11. The van der Waals surface area contributed by atoms with Crippen molar-refractivity contribution in [3.8, 4) is 0 Å². The van der Waals surface area contributed by atoms with Crippen LogP contribution in [0, 0.1) is 0 Å². The summed E-state index contributed by atoms with van der Waals surface area (Å²) in [7, 11) is 0. The summed E-state index contributed by atoms with van der Waals surface area (Å²) in [5.41, 5.74) is 2.86. The van der Waals surface area contributed by atoms with Crippen LogP contribution in [0.25, 0.3) is 10.8 Å². The molecule has 2 amide bonds. The summed E-state index contributed by atoms with van der Waals surface area (Å²) in [5, 5.41) is 4.64. The fourth-order valence-corrected chi connectivity index (χ4v) is 4.06. The number of nitrogens with one attached hydrogen (secondary N) is 1. The number of hydrogen-bond acceptors (Lipinski definition) is 4. The van der Waals surface area contributed by atoms with E-state index in [4.69, 9.17) is 4.74 Å². The molecule has 6 heteroatoms. The van der Waals surface area contributed by atoms with E-state index in [0.717, 1.165) is 34.0 Å². The van der Waals surface area contributed by atoms with Crippen molar-refractivity contribution in [1.29, 1.82) is 0 Å². The summed E-state index contributed by atoms with van der Waals surface area (Å²) in [6, 6.07) is 21.4. The van der Waals surface area contributed by atoms with E-state index in [1.807, 2.05) is 73.7 Å². The van der Waals surface area contributed by atoms with Gasteiger partial charge < -0.3 is 15.0 Å². The minimum atomic E-state index is -0.639. The highest BCUT2D eigenvalue weighted by molar-refractivity contribution is 5.98. The Balaban J connectivity index is 1.27. The molecule has 6 nitrogen and oxygen atoms in total. The number of carbonyl (C=O) groups excluding carboxylic acids is 3. The SMILES string of the molecule is C[C@@H]1Cc2ccccc2N1C(=O)COC(=O)CNC(=O)Cc1cccc2ccccc12. The minimum Gasteiger partial charge on any atom is -0.454 e. The van der Waals surface area contributed by atoms with E-state index in [1.54, 1.807) is 4.90 Å². The number of amides is 2. The van der Waals surface area contributed by atoms with E-state index < -0.39 is 5.97 Å². The summed E-state index contributed by atoms with van der Waals surface area (Å²) in [6.07, 6.45) is 0.940. The highest BCUT2D eigenvalue weighted by atomic mass is 16.5. The number of fused-ring (bicyclic) bond motifs is 2. The predicted molar refractivity (Wildman–Crippen MR) is 119 cm³/mol. The minimum absolute atomic E-state index is 0.0176. The number of hydrogen-bond donors (Lipinski definition) is 1. The first-order valence-corrected chi connectivity index (χ1v) is 10.3. The van der Waals surface area contributed by atoms with Gasteiger partial charge in [0, 0.05) is 11.7 Å². The Bertz CT molecular complexity index is 1140. The first kappa shape index (κ1) is 20.6. The van der Waals surface area contributed by atoms with Crippen LogP contribution in [0.2, 0.25) is 0 Å². The van der Waals surface area contributed by atoms with Crippen LogP contribution in [-0.4, -0.2) is 37.0 Å². The lowest BCUT2D eigenvalue weighted by Gasteiger charge is -2.22. The van der Waals surface area contributed by atoms with E-state index in [0.29, 0.717) is 0 Å². The lowest BCUT2D eigenvalue weighted by molar-refractivity contribution is -0.147. The van der Waals surface area contributed by atoms with E-state index >= 15 is 0 Å². The molecule has 0 radical (unpaired) electrons. The number of nitrogens with zero attached hydrogens (tertiary/aromatic N) is 1. The number of rotatable bonds is 6. The number of esters is 1. The van der Waals surface area contributed by atoms with E-state index in [-0.39, 0.29) is 37.4 Å². The van der Waals surface area contributed by atoms with Crippen molar-refractivity contribution in [1.82, 2.24) is 5.32 Å². The third-order valence-electron chi connectivity index (χ3n) is 5.49. The molecule has 1 N–H and O–H groups in total. The fraction of sp³-hybridized carbons (Fsp3) is 0.240. The van der Waals surface area contributed by atoms with Crippen LogP contribution < -0.4 is 10.2 Å². The van der Waals surface area contributed by atoms with Crippen LogP contribution in [0.15, 0.2) is 66.7 Å². The van der Waals surface area contributed by atoms with Gasteiger partial charge in [-0.05, 0) is 41.3 Å². The molecule has 1 aliphatic rings. The molecule has 31 heavy (non-hydrogen) atoms. The molecule has 0 aliphatic carbocycles. The van der Waals surface area contributed by atoms with Gasteiger partial charge in [-0.2, -0.15) is 0 Å². The van der Waals surface area contributed by atoms with Gasteiger partial charge in [0.25, 0.3) is 5.91 Å². The standard InChI is InChI=1S/C25H24N2O4/c1-17-13-20-8-3-5-12-22(20)27(17)24(29)16-31-25(30)15-26-23(28)14-19-10-6-9-18-7-2-4-11-21(18)19/h2-12,17H,13-16H2,1H3,(H,26,28)/t17-/m1/s1. The van der Waals surface area contributed by atoms with Crippen molar-refractivity contribution < 1.29 is 19.1 Å². The highest BCUT2D eigenvalue weighted by Gasteiger charge is 2.30. The summed E-state index contributed by atoms with van der Waals surface area (Å²) >= 11 is 0. The molecule has 1 atom stereocenters. The van der Waals surface area contributed by atoms with Gasteiger partial charge in [-0.1, -0.05) is 60.7 Å². The van der Waals surface area contributed by atoms with Crippen molar-refractivity contribution in [3.05, 3.63) is 77.9 Å². The lowest BCUT2D eigenvalue weighted by Crippen LogP contribution is -2.39. The quantitative estimate of drug-likeness (QED) is 0.627. The van der Waals surface area contributed by atoms with E-state index in [2.05, 4.69) is 5.32 Å². The number of benzene rings is 3. The number of ether oxygens (including phenoxy) is 1. The van der Waals surface area contributed by atoms with Gasteiger partial charge in [0.05, 0.1) is 6.42 Å². The van der Waals surface area contributed by atoms with Gasteiger partial charge in [0.1, 0.15) is 6.54 Å². The van der Waals surface area contributed by atoms with Crippen LogP contribution >= 0.6 is 0 Å². The van der Waals surface area contributed by atoms with E-state index in [1.165, 1.54) is 0 Å². The molecule has 0 saturated carbocycles. The third kappa shape index (κ3) is 4.58. The molecule has 0 bridgehead atoms. The zero-order valence-electron chi connectivity index (χ0n) is 17.3. The molecule has 0 aromatic heterocycles. The smallest absolute Gasteiger partial charge is 0.325 e. The van der Waals surface area contributed by atoms with Gasteiger partial charge in [0.2, 0.25) is 5.91 Å². The second-order valence-corrected chi connectivity index (χ2v) is 7.70. The Hall–Kier alpha value is -3.67. The largest absolute Gasteiger partial charge is 0.454 e. The molecule has 3 aromatic carbocycles. The van der Waals surface area contributed by atoms with Crippen LogP contribution in [0.4, 0.5) is 5.69 Å². The van der Waals surface area contributed by atoms with Crippen LogP contribution in [0.1, 0.15) is 18.1 Å². The van der Waals surface area contributed by atoms with Gasteiger partial charge in [-0.15, -0.1) is 0 Å². The Morgan fingerprint density at radius 3 is 2.61 bits per heavy atom. The maximum atomic E-state index is 12.6. The second-order valence-electron chi connectivity index (χ2n) is 7.70. The summed E-state index contributed by atoms with van der Waals surface area (Å²) in [4.78, 5) is 38.6. The fourth-order valence-electron chi connectivity index (χ4n) is 4.06. The van der Waals surface area contributed by atoms with Crippen molar-refractivity contribution in [2.45, 2.75) is 25.8 Å². The van der Waals surface area contributed by atoms with Crippen LogP contribution in [0.5, 0.6) is 0 Å². The molecule has 1 heterocycles. The van der Waals surface area contributed by atoms with Crippen LogP contribution in [-0.2, 0) is 32.0 Å². The maximum absolute atomic E-state index is 12.6. The molecule has 1 aliphatic heterocycles. The lowest BCUT2D eigenvalue weighted by atomic mass is 10.0. The van der Waals surface area contributed by atoms with Crippen molar-refractivity contribution >= 4 is 34.2 Å². The summed E-state index contributed by atoms with van der Waals surface area (Å²) in [5.74, 6) is -1.19. The highest BCUT2D eigenvalue weighted by Crippen LogP contribution is 2.31. The molecular formula is C25H24N2O4. The second kappa shape index (κ2) is 9.00. The Morgan fingerprint density at radius 2 is 1.74 bits per heavy atom. The predicted octanol–water partition coefficient (Wildman–Crippen LogP) is 3.02. The first-order chi connectivity index (χ1) is 15.0. The molecule has 158 valence electrons. The molecule has 0 saturated heterocycles. The first-order valence-electron chi connectivity index (χ1n) is 10.3. The molecule has 3 aromatic rings. The van der Waals surface area contributed by atoms with Gasteiger partial charge in [-0.25, -0.2) is 0 Å². The average Bonchev–Trinajstić information content (AvgIpc) is 3.12. The van der Waals surface area contributed by atoms with Crippen molar-refractivity contribution in [2.75, 3.05) is 18.1 Å². The van der Waals surface area contributed by atoms with Crippen molar-refractivity contribution in [2.24, 2.45) is 0 Å². The molecule has 0 fully saturated rings. The number of anilines is 1. The maximum Gasteiger partial charge on any atom is 0.325 e. The Kier molecular flexibility index (Phi) is 5.98. The van der Waals surface area contributed by atoms with Gasteiger partial charge in [0.15, 0.2) is 6.61 Å². The molecule has 0 spiro atoms. The third-order valence-corrected chi connectivity index (χ3v) is 5.49. The van der Waals surface area contributed by atoms with Gasteiger partial charge >= 0.3 is 5.97 Å². The zero-order valence-corrected chi connectivity index (χ0v) is 17.3. The Morgan fingerprint density at radius 1 is 1.00 bits per heavy atom. The normalized spacial score (nSPS) is 14.9. The summed E-state index contributed by atoms with van der Waals surface area (Å²) in [6.45, 7) is 1.34. The van der Waals surface area contributed by atoms with Crippen molar-refractivity contribution in [3.63, 3.8) is 0 Å². The number of carbonyl (C=O) groups is 3. The topological polar surface area (TPSA) is 75.7 Å². The number of para-hydroxylation sites is 1. The van der Waals surface area contributed by atoms with E-state index in [9.17, 15) is 14.4 Å². The van der Waals surface area contributed by atoms with Gasteiger partial charge in [-0.3, -0.25) is 14.4 Å². The zero-order chi connectivity index (χ0) is 21.8. The monoisotopic (exact) mass is 416 g/mol. The molecule has 0 unspecified atom stereocenters.